The number of nitrogens with zero attached hydrogens (tertiary/aromatic N) is 4. The van der Waals surface area contributed by atoms with Gasteiger partial charge < -0.3 is 10.5 Å². The summed E-state index contributed by atoms with van der Waals surface area (Å²) in [4.78, 5) is 4.19. The van der Waals surface area contributed by atoms with Crippen LogP contribution in [0.5, 0.6) is 0 Å². The van der Waals surface area contributed by atoms with Gasteiger partial charge in [0.1, 0.15) is 0 Å². The van der Waals surface area contributed by atoms with Crippen LogP contribution in [0.15, 0.2) is 24.9 Å². The third-order valence-electron chi connectivity index (χ3n) is 3.15. The lowest BCUT2D eigenvalue weighted by Gasteiger charge is -2.16. The van der Waals surface area contributed by atoms with Crippen LogP contribution < -0.4 is 5.73 Å². The predicted molar refractivity (Wildman–Crippen MR) is 73.0 cm³/mol. The van der Waals surface area contributed by atoms with Crippen LogP contribution in [0.1, 0.15) is 25.6 Å². The number of methoxy groups -OCH3 is 1. The topological polar surface area (TPSA) is 70.9 Å². The van der Waals surface area contributed by atoms with Gasteiger partial charge in [-0.1, -0.05) is 13.8 Å². The number of ether oxygens (including phenoxy) is 1. The summed E-state index contributed by atoms with van der Waals surface area (Å²) >= 11 is 0. The normalized spacial score (nSPS) is 13.1. The molecule has 0 fully saturated rings. The minimum absolute atomic E-state index is 0.0372. The Kier molecular flexibility index (Phi) is 4.34. The number of hydrogen-bond donors (Lipinski definition) is 1. The van der Waals surface area contributed by atoms with E-state index in [0.717, 1.165) is 17.9 Å². The van der Waals surface area contributed by atoms with Crippen LogP contribution in [0.3, 0.4) is 0 Å². The molecule has 1 unspecified atom stereocenters. The first kappa shape index (κ1) is 13.8. The van der Waals surface area contributed by atoms with Crippen molar-refractivity contribution in [3.8, 4) is 5.69 Å². The van der Waals surface area contributed by atoms with Crippen molar-refractivity contribution in [2.45, 2.75) is 26.4 Å². The van der Waals surface area contributed by atoms with Crippen molar-refractivity contribution in [2.75, 3.05) is 13.7 Å². The number of nitrogens with two attached hydrogens (primary N) is 1. The van der Waals surface area contributed by atoms with Gasteiger partial charge in [0.25, 0.3) is 0 Å². The van der Waals surface area contributed by atoms with Gasteiger partial charge in [0.05, 0.1) is 43.3 Å². The molecule has 19 heavy (non-hydrogen) atoms. The molecular formula is C13H21N5O. The Hall–Kier alpha value is -1.66. The van der Waals surface area contributed by atoms with Crippen LogP contribution >= 0.6 is 0 Å². The third-order valence-corrected chi connectivity index (χ3v) is 3.15. The lowest BCUT2D eigenvalue weighted by molar-refractivity contribution is 0.183. The zero-order valence-electron chi connectivity index (χ0n) is 11.7. The summed E-state index contributed by atoms with van der Waals surface area (Å²) in [6, 6.07) is -0.0372. The van der Waals surface area contributed by atoms with E-state index in [4.69, 9.17) is 10.5 Å². The van der Waals surface area contributed by atoms with E-state index in [0.29, 0.717) is 12.5 Å². The fourth-order valence-electron chi connectivity index (χ4n) is 1.89. The van der Waals surface area contributed by atoms with Gasteiger partial charge in [-0.3, -0.25) is 9.25 Å². The van der Waals surface area contributed by atoms with E-state index in [1.54, 1.807) is 13.4 Å². The molecule has 6 heteroatoms. The first-order chi connectivity index (χ1) is 9.13. The lowest BCUT2D eigenvalue weighted by Crippen LogP contribution is -2.19. The quantitative estimate of drug-likeness (QED) is 0.854. The van der Waals surface area contributed by atoms with Crippen molar-refractivity contribution < 1.29 is 4.74 Å². The lowest BCUT2D eigenvalue weighted by atomic mass is 10.0. The molecule has 0 aliphatic rings. The van der Waals surface area contributed by atoms with Gasteiger partial charge in [0.2, 0.25) is 0 Å². The number of aromatic nitrogens is 4. The van der Waals surface area contributed by atoms with E-state index >= 15 is 0 Å². The van der Waals surface area contributed by atoms with Gasteiger partial charge >= 0.3 is 0 Å². The summed E-state index contributed by atoms with van der Waals surface area (Å²) < 4.78 is 8.88. The maximum atomic E-state index is 6.20. The molecule has 104 valence electrons. The predicted octanol–water partition coefficient (Wildman–Crippen LogP) is 1.37. The van der Waals surface area contributed by atoms with Crippen LogP contribution in [0.2, 0.25) is 0 Å². The Morgan fingerprint density at radius 3 is 2.84 bits per heavy atom. The molecule has 0 radical (unpaired) electrons. The summed E-state index contributed by atoms with van der Waals surface area (Å²) in [5.41, 5.74) is 8.17. The molecule has 2 heterocycles. The smallest absolute Gasteiger partial charge is 0.0995 e. The molecule has 0 aliphatic carbocycles. The molecular weight excluding hydrogens is 242 g/mol. The highest BCUT2D eigenvalue weighted by Crippen LogP contribution is 2.21. The Bertz CT molecular complexity index is 517. The Morgan fingerprint density at radius 1 is 1.37 bits per heavy atom. The summed E-state index contributed by atoms with van der Waals surface area (Å²) in [6.45, 7) is 5.58. The second-order valence-electron chi connectivity index (χ2n) is 4.91. The van der Waals surface area contributed by atoms with E-state index in [9.17, 15) is 0 Å². The van der Waals surface area contributed by atoms with Gasteiger partial charge in [-0.2, -0.15) is 5.10 Å². The molecule has 2 N–H and O–H groups in total. The highest BCUT2D eigenvalue weighted by molar-refractivity contribution is 5.29. The fourth-order valence-corrected chi connectivity index (χ4v) is 1.89. The molecule has 6 nitrogen and oxygen atoms in total. The van der Waals surface area contributed by atoms with E-state index in [1.165, 1.54) is 0 Å². The van der Waals surface area contributed by atoms with Gasteiger partial charge in [-0.05, 0) is 5.92 Å². The number of hydrogen-bond acceptors (Lipinski definition) is 4. The van der Waals surface area contributed by atoms with Crippen LogP contribution in [0, 0.1) is 5.92 Å². The fraction of sp³-hybridized carbons (Fsp3) is 0.538. The van der Waals surface area contributed by atoms with E-state index in [2.05, 4.69) is 23.9 Å². The maximum absolute atomic E-state index is 6.20. The summed E-state index contributed by atoms with van der Waals surface area (Å²) in [7, 11) is 1.68. The molecule has 0 spiro atoms. The molecule has 0 amide bonds. The van der Waals surface area contributed by atoms with Crippen LogP contribution in [0.25, 0.3) is 5.69 Å². The third kappa shape index (κ3) is 3.02. The Balaban J connectivity index is 2.22. The van der Waals surface area contributed by atoms with Crippen molar-refractivity contribution >= 4 is 0 Å². The monoisotopic (exact) mass is 263 g/mol. The average Bonchev–Trinajstić information content (AvgIpc) is 3.03. The highest BCUT2D eigenvalue weighted by atomic mass is 16.5. The van der Waals surface area contributed by atoms with Gasteiger partial charge in [-0.15, -0.1) is 0 Å². The van der Waals surface area contributed by atoms with Gasteiger partial charge in [-0.25, -0.2) is 4.98 Å². The van der Waals surface area contributed by atoms with Gasteiger partial charge in [0.15, 0.2) is 0 Å². The molecule has 2 aromatic rings. The molecule has 0 aromatic carbocycles. The largest absolute Gasteiger partial charge is 0.383 e. The SMILES string of the molecule is COCCn1cc(-n2cncc2C(N)C(C)C)cn1. The number of rotatable bonds is 6. The van der Waals surface area contributed by atoms with E-state index < -0.39 is 0 Å². The first-order valence-corrected chi connectivity index (χ1v) is 6.43. The average molecular weight is 263 g/mol. The Labute approximate surface area is 113 Å². The second-order valence-corrected chi connectivity index (χ2v) is 4.91. The molecule has 0 aliphatic heterocycles. The first-order valence-electron chi connectivity index (χ1n) is 6.43. The molecule has 0 saturated carbocycles. The molecule has 0 bridgehead atoms. The van der Waals surface area contributed by atoms with Crippen molar-refractivity contribution in [3.63, 3.8) is 0 Å². The van der Waals surface area contributed by atoms with Crippen molar-refractivity contribution in [1.82, 2.24) is 19.3 Å². The minimum atomic E-state index is -0.0372. The van der Waals surface area contributed by atoms with Crippen LogP contribution in [-0.2, 0) is 11.3 Å². The summed E-state index contributed by atoms with van der Waals surface area (Å²) in [5, 5.41) is 4.30. The molecule has 0 saturated heterocycles. The van der Waals surface area contributed by atoms with Gasteiger partial charge in [0, 0.05) is 19.3 Å². The van der Waals surface area contributed by atoms with Crippen molar-refractivity contribution in [1.29, 1.82) is 0 Å². The molecule has 2 aromatic heterocycles. The van der Waals surface area contributed by atoms with Crippen molar-refractivity contribution in [3.05, 3.63) is 30.6 Å². The van der Waals surface area contributed by atoms with E-state index in [-0.39, 0.29) is 6.04 Å². The molecule has 1 atom stereocenters. The summed E-state index contributed by atoms with van der Waals surface area (Å²) in [5.74, 6) is 0.360. The second kappa shape index (κ2) is 5.99. The van der Waals surface area contributed by atoms with Crippen LogP contribution in [-0.4, -0.2) is 33.0 Å². The Morgan fingerprint density at radius 2 is 2.16 bits per heavy atom. The minimum Gasteiger partial charge on any atom is -0.383 e. The van der Waals surface area contributed by atoms with E-state index in [1.807, 2.05) is 27.8 Å². The zero-order valence-corrected chi connectivity index (χ0v) is 11.7. The summed E-state index contributed by atoms with van der Waals surface area (Å²) in [6.07, 6.45) is 7.37. The molecule has 2 rings (SSSR count). The zero-order chi connectivity index (χ0) is 13.8. The van der Waals surface area contributed by atoms with Crippen LogP contribution in [0.4, 0.5) is 0 Å². The van der Waals surface area contributed by atoms with Crippen molar-refractivity contribution in [2.24, 2.45) is 11.7 Å². The number of imidazole rings is 1. The maximum Gasteiger partial charge on any atom is 0.0995 e. The highest BCUT2D eigenvalue weighted by Gasteiger charge is 2.16. The standard InChI is InChI=1S/C13H21N5O/c1-10(2)13(14)12-7-15-9-18(12)11-6-16-17(8-11)4-5-19-3/h6-10,13H,4-5,14H2,1-3H3.